The molecule has 5 nitrogen and oxygen atoms in total. The molecule has 1 heterocycles. The van der Waals surface area contributed by atoms with Crippen LogP contribution in [0.5, 0.6) is 17.2 Å². The number of benzene rings is 3. The summed E-state index contributed by atoms with van der Waals surface area (Å²) >= 11 is 0. The van der Waals surface area contributed by atoms with Gasteiger partial charge in [0.25, 0.3) is 0 Å². The van der Waals surface area contributed by atoms with E-state index in [4.69, 9.17) is 18.9 Å². The van der Waals surface area contributed by atoms with Gasteiger partial charge in [-0.05, 0) is 29.3 Å². The fourth-order valence-electron chi connectivity index (χ4n) is 3.97. The van der Waals surface area contributed by atoms with Gasteiger partial charge in [0, 0.05) is 5.56 Å². The summed E-state index contributed by atoms with van der Waals surface area (Å²) in [7, 11) is 4.69. The molecule has 0 bridgehead atoms. The average molecular weight is 390 g/mol. The van der Waals surface area contributed by atoms with E-state index >= 15 is 0 Å². The Labute approximate surface area is 169 Å². The standard InChI is InChI=1S/C24H22O5/c1-26-19-14-13-18(22(27-2)23(19)28-3)21-20(15-9-5-4-6-10-15)16-11-7-8-12-17(16)24(25)29-21/h4-14,20-21H,1-3H3. The zero-order valence-electron chi connectivity index (χ0n) is 16.5. The SMILES string of the molecule is COc1ccc(C2OC(=O)c3ccccc3C2c2ccccc2)c(OC)c1OC. The number of carbonyl (C=O) groups is 1. The van der Waals surface area contributed by atoms with Crippen LogP contribution in [0.25, 0.3) is 0 Å². The van der Waals surface area contributed by atoms with Crippen LogP contribution < -0.4 is 14.2 Å². The van der Waals surface area contributed by atoms with Crippen molar-refractivity contribution in [3.63, 3.8) is 0 Å². The topological polar surface area (TPSA) is 54.0 Å². The molecule has 0 fully saturated rings. The van der Waals surface area contributed by atoms with Gasteiger partial charge in [-0.25, -0.2) is 4.79 Å². The van der Waals surface area contributed by atoms with Crippen LogP contribution in [0.3, 0.4) is 0 Å². The highest BCUT2D eigenvalue weighted by molar-refractivity contribution is 5.93. The lowest BCUT2D eigenvalue weighted by Gasteiger charge is -2.34. The second-order valence-electron chi connectivity index (χ2n) is 6.73. The minimum absolute atomic E-state index is 0.183. The van der Waals surface area contributed by atoms with E-state index in [1.54, 1.807) is 33.5 Å². The molecule has 0 saturated carbocycles. The first kappa shape index (κ1) is 18.9. The third-order valence-corrected chi connectivity index (χ3v) is 5.25. The zero-order chi connectivity index (χ0) is 20.4. The van der Waals surface area contributed by atoms with Gasteiger partial charge in [-0.1, -0.05) is 48.5 Å². The molecule has 3 aromatic carbocycles. The smallest absolute Gasteiger partial charge is 0.339 e. The van der Waals surface area contributed by atoms with Gasteiger partial charge in [0.1, 0.15) is 6.10 Å². The van der Waals surface area contributed by atoms with Crippen LogP contribution in [0.2, 0.25) is 0 Å². The molecule has 148 valence electrons. The van der Waals surface area contributed by atoms with Crippen molar-refractivity contribution in [2.75, 3.05) is 21.3 Å². The molecule has 0 aromatic heterocycles. The van der Waals surface area contributed by atoms with Gasteiger partial charge in [0.05, 0.1) is 32.8 Å². The van der Waals surface area contributed by atoms with Crippen molar-refractivity contribution in [1.82, 2.24) is 0 Å². The largest absolute Gasteiger partial charge is 0.493 e. The number of cyclic esters (lactones) is 1. The first-order valence-electron chi connectivity index (χ1n) is 9.33. The number of hydrogen-bond donors (Lipinski definition) is 0. The van der Waals surface area contributed by atoms with E-state index in [0.717, 1.165) is 16.7 Å². The molecule has 1 aliphatic rings. The van der Waals surface area contributed by atoms with Gasteiger partial charge in [0.15, 0.2) is 11.5 Å². The summed E-state index contributed by atoms with van der Waals surface area (Å²) < 4.78 is 22.6. The van der Waals surface area contributed by atoms with Gasteiger partial charge in [-0.2, -0.15) is 0 Å². The maximum absolute atomic E-state index is 12.8. The van der Waals surface area contributed by atoms with Crippen molar-refractivity contribution in [3.05, 3.63) is 89.0 Å². The number of hydrogen-bond acceptors (Lipinski definition) is 5. The lowest BCUT2D eigenvalue weighted by molar-refractivity contribution is 0.0198. The summed E-state index contributed by atoms with van der Waals surface area (Å²) in [5, 5.41) is 0. The molecule has 0 aliphatic carbocycles. The molecule has 3 aromatic rings. The predicted octanol–water partition coefficient (Wildman–Crippen LogP) is 4.76. The van der Waals surface area contributed by atoms with Crippen molar-refractivity contribution in [1.29, 1.82) is 0 Å². The third kappa shape index (κ3) is 3.18. The lowest BCUT2D eigenvalue weighted by atomic mass is 9.79. The molecule has 5 heteroatoms. The first-order chi connectivity index (χ1) is 14.2. The molecule has 0 N–H and O–H groups in total. The molecule has 0 radical (unpaired) electrons. The van der Waals surface area contributed by atoms with E-state index in [1.807, 2.05) is 54.6 Å². The Morgan fingerprint density at radius 3 is 2.10 bits per heavy atom. The van der Waals surface area contributed by atoms with Crippen molar-refractivity contribution < 1.29 is 23.7 Å². The molecule has 0 spiro atoms. The van der Waals surface area contributed by atoms with Gasteiger partial charge in [0.2, 0.25) is 5.75 Å². The molecule has 29 heavy (non-hydrogen) atoms. The molecule has 2 unspecified atom stereocenters. The number of rotatable bonds is 5. The van der Waals surface area contributed by atoms with Gasteiger partial charge in [-0.15, -0.1) is 0 Å². The van der Waals surface area contributed by atoms with Crippen LogP contribution in [0.15, 0.2) is 66.7 Å². The highest BCUT2D eigenvalue weighted by atomic mass is 16.6. The minimum atomic E-state index is -0.574. The van der Waals surface area contributed by atoms with Crippen LogP contribution in [0, 0.1) is 0 Å². The Morgan fingerprint density at radius 1 is 0.724 bits per heavy atom. The Bertz CT molecular complexity index is 1030. The Morgan fingerprint density at radius 2 is 1.41 bits per heavy atom. The van der Waals surface area contributed by atoms with E-state index in [0.29, 0.717) is 22.8 Å². The second kappa shape index (κ2) is 7.87. The van der Waals surface area contributed by atoms with Crippen molar-refractivity contribution in [2.45, 2.75) is 12.0 Å². The molecule has 0 amide bonds. The number of ether oxygens (including phenoxy) is 4. The molecule has 4 rings (SSSR count). The van der Waals surface area contributed by atoms with Crippen LogP contribution in [-0.2, 0) is 4.74 Å². The fourth-order valence-corrected chi connectivity index (χ4v) is 3.97. The summed E-state index contributed by atoms with van der Waals surface area (Å²) in [5.74, 6) is 0.970. The van der Waals surface area contributed by atoms with Crippen LogP contribution in [-0.4, -0.2) is 27.3 Å². The van der Waals surface area contributed by atoms with Crippen molar-refractivity contribution >= 4 is 5.97 Å². The van der Waals surface area contributed by atoms with Crippen molar-refractivity contribution in [2.24, 2.45) is 0 Å². The monoisotopic (exact) mass is 390 g/mol. The third-order valence-electron chi connectivity index (χ3n) is 5.25. The Kier molecular flexibility index (Phi) is 5.12. The molecular formula is C24H22O5. The summed E-state index contributed by atoms with van der Waals surface area (Å²) in [6, 6.07) is 21.3. The number of methoxy groups -OCH3 is 3. The maximum Gasteiger partial charge on any atom is 0.339 e. The number of fused-ring (bicyclic) bond motifs is 1. The minimum Gasteiger partial charge on any atom is -0.493 e. The van der Waals surface area contributed by atoms with Gasteiger partial charge < -0.3 is 18.9 Å². The normalized spacial score (nSPS) is 17.8. The van der Waals surface area contributed by atoms with E-state index in [9.17, 15) is 4.79 Å². The Balaban J connectivity index is 1.94. The van der Waals surface area contributed by atoms with Crippen molar-refractivity contribution in [3.8, 4) is 17.2 Å². The number of carbonyl (C=O) groups excluding carboxylic acids is 1. The van der Waals surface area contributed by atoms with Crippen LogP contribution in [0.4, 0.5) is 0 Å². The predicted molar refractivity (Wildman–Crippen MR) is 109 cm³/mol. The highest BCUT2D eigenvalue weighted by Gasteiger charge is 2.39. The second-order valence-corrected chi connectivity index (χ2v) is 6.73. The quantitative estimate of drug-likeness (QED) is 0.588. The molecule has 1 aliphatic heterocycles. The summed E-state index contributed by atoms with van der Waals surface area (Å²) in [6.07, 6.45) is -0.574. The maximum atomic E-state index is 12.8. The average Bonchev–Trinajstić information content (AvgIpc) is 2.78. The highest BCUT2D eigenvalue weighted by Crippen LogP contribution is 2.50. The molecule has 0 saturated heterocycles. The van der Waals surface area contributed by atoms with E-state index in [-0.39, 0.29) is 11.9 Å². The van der Waals surface area contributed by atoms with E-state index in [2.05, 4.69) is 0 Å². The van der Waals surface area contributed by atoms with Crippen LogP contribution >= 0.6 is 0 Å². The van der Waals surface area contributed by atoms with E-state index in [1.165, 1.54) is 0 Å². The summed E-state index contributed by atoms with van der Waals surface area (Å²) in [5.41, 5.74) is 3.28. The van der Waals surface area contributed by atoms with Gasteiger partial charge >= 0.3 is 5.97 Å². The van der Waals surface area contributed by atoms with E-state index < -0.39 is 6.10 Å². The van der Waals surface area contributed by atoms with Crippen LogP contribution in [0.1, 0.15) is 39.1 Å². The Hall–Kier alpha value is -3.47. The molecular weight excluding hydrogens is 368 g/mol. The fraction of sp³-hybridized carbons (Fsp3) is 0.208. The molecule has 2 atom stereocenters. The summed E-state index contributed by atoms with van der Waals surface area (Å²) in [6.45, 7) is 0. The zero-order valence-corrected chi connectivity index (χ0v) is 16.5. The summed E-state index contributed by atoms with van der Waals surface area (Å²) in [4.78, 5) is 12.8. The lowest BCUT2D eigenvalue weighted by Crippen LogP contribution is -2.27. The first-order valence-corrected chi connectivity index (χ1v) is 9.33. The number of esters is 1. The van der Waals surface area contributed by atoms with Gasteiger partial charge in [-0.3, -0.25) is 0 Å².